The molecular formula is C23H21FN4O2. The van der Waals surface area contributed by atoms with Gasteiger partial charge in [-0.05, 0) is 55.8 Å². The quantitative estimate of drug-likeness (QED) is 0.555. The first-order valence-electron chi connectivity index (χ1n) is 9.62. The first kappa shape index (κ1) is 19.6. The van der Waals surface area contributed by atoms with E-state index in [4.69, 9.17) is 0 Å². The fraction of sp³-hybridized carbons (Fsp3) is 0.174. The van der Waals surface area contributed by atoms with Crippen molar-refractivity contribution in [2.75, 3.05) is 6.54 Å². The molecule has 0 atom stereocenters. The summed E-state index contributed by atoms with van der Waals surface area (Å²) in [6, 6.07) is 13.4. The van der Waals surface area contributed by atoms with Crippen molar-refractivity contribution in [2.24, 2.45) is 0 Å². The Morgan fingerprint density at radius 2 is 1.83 bits per heavy atom. The predicted octanol–water partition coefficient (Wildman–Crippen LogP) is 3.35. The third kappa shape index (κ3) is 3.87. The minimum Gasteiger partial charge on any atom is -0.350 e. The van der Waals surface area contributed by atoms with E-state index in [0.29, 0.717) is 29.9 Å². The molecule has 6 nitrogen and oxygen atoms in total. The molecule has 0 saturated heterocycles. The standard InChI is InChI=1S/C23H21FN4O2/c1-15-3-4-16(2)19(13-15)22(29)25-9-10-27-11-12-28-21(23(27)30)14-20(26-28)17-5-7-18(24)8-6-17/h3-8,11-14H,9-10H2,1-2H3,(H,25,29). The van der Waals surface area contributed by atoms with Gasteiger partial charge in [-0.2, -0.15) is 5.10 Å². The summed E-state index contributed by atoms with van der Waals surface area (Å²) in [5, 5.41) is 7.26. The van der Waals surface area contributed by atoms with Crippen LogP contribution in [-0.2, 0) is 6.54 Å². The highest BCUT2D eigenvalue weighted by Gasteiger charge is 2.11. The highest BCUT2D eigenvalue weighted by Crippen LogP contribution is 2.18. The number of carbonyl (C=O) groups is 1. The van der Waals surface area contributed by atoms with Crippen LogP contribution < -0.4 is 10.9 Å². The van der Waals surface area contributed by atoms with E-state index in [1.807, 2.05) is 32.0 Å². The Morgan fingerprint density at radius 3 is 2.60 bits per heavy atom. The zero-order chi connectivity index (χ0) is 21.3. The lowest BCUT2D eigenvalue weighted by Crippen LogP contribution is -2.31. The zero-order valence-corrected chi connectivity index (χ0v) is 16.7. The number of nitrogens with one attached hydrogen (secondary N) is 1. The van der Waals surface area contributed by atoms with E-state index >= 15 is 0 Å². The molecular weight excluding hydrogens is 383 g/mol. The molecule has 1 N–H and O–H groups in total. The van der Waals surface area contributed by atoms with Crippen molar-refractivity contribution < 1.29 is 9.18 Å². The van der Waals surface area contributed by atoms with Crippen molar-refractivity contribution in [3.63, 3.8) is 0 Å². The molecule has 4 rings (SSSR count). The largest absolute Gasteiger partial charge is 0.350 e. The van der Waals surface area contributed by atoms with Crippen LogP contribution in [0.3, 0.4) is 0 Å². The Hall–Kier alpha value is -3.74. The van der Waals surface area contributed by atoms with Gasteiger partial charge in [0.15, 0.2) is 0 Å². The van der Waals surface area contributed by atoms with Gasteiger partial charge in [0, 0.05) is 36.6 Å². The third-order valence-corrected chi connectivity index (χ3v) is 5.02. The van der Waals surface area contributed by atoms with Crippen molar-refractivity contribution in [1.29, 1.82) is 0 Å². The van der Waals surface area contributed by atoms with Gasteiger partial charge in [0.2, 0.25) is 0 Å². The molecule has 2 aromatic carbocycles. The van der Waals surface area contributed by atoms with Crippen LogP contribution in [0.1, 0.15) is 21.5 Å². The summed E-state index contributed by atoms with van der Waals surface area (Å²) < 4.78 is 16.2. The van der Waals surface area contributed by atoms with Crippen LogP contribution in [-0.4, -0.2) is 26.6 Å². The van der Waals surface area contributed by atoms with E-state index in [1.54, 1.807) is 30.6 Å². The van der Waals surface area contributed by atoms with Gasteiger partial charge in [0.05, 0.1) is 5.69 Å². The normalized spacial score (nSPS) is 11.0. The molecule has 30 heavy (non-hydrogen) atoms. The van der Waals surface area contributed by atoms with Crippen molar-refractivity contribution in [3.05, 3.63) is 93.8 Å². The van der Waals surface area contributed by atoms with E-state index in [-0.39, 0.29) is 17.3 Å². The zero-order valence-electron chi connectivity index (χ0n) is 16.7. The van der Waals surface area contributed by atoms with Crippen LogP contribution in [0.5, 0.6) is 0 Å². The summed E-state index contributed by atoms with van der Waals surface area (Å²) in [6.45, 7) is 4.49. The number of amides is 1. The number of carbonyl (C=O) groups excluding carboxylic acids is 1. The van der Waals surface area contributed by atoms with Gasteiger partial charge in [-0.15, -0.1) is 0 Å². The molecule has 0 aliphatic rings. The van der Waals surface area contributed by atoms with Crippen molar-refractivity contribution >= 4 is 11.4 Å². The molecule has 0 radical (unpaired) electrons. The second kappa shape index (κ2) is 7.94. The molecule has 0 unspecified atom stereocenters. The van der Waals surface area contributed by atoms with Crippen LogP contribution in [0.4, 0.5) is 4.39 Å². The molecule has 7 heteroatoms. The average Bonchev–Trinajstić information content (AvgIpc) is 3.17. The number of aromatic nitrogens is 3. The number of aryl methyl sites for hydroxylation is 2. The lowest BCUT2D eigenvalue weighted by Gasteiger charge is -2.10. The summed E-state index contributed by atoms with van der Waals surface area (Å²) in [5.41, 5.74) is 4.09. The summed E-state index contributed by atoms with van der Waals surface area (Å²) in [6.07, 6.45) is 3.33. The van der Waals surface area contributed by atoms with Crippen LogP contribution in [0.15, 0.2) is 65.7 Å². The molecule has 0 saturated carbocycles. The topological polar surface area (TPSA) is 68.4 Å². The Bertz CT molecular complexity index is 1290. The maximum Gasteiger partial charge on any atom is 0.276 e. The van der Waals surface area contributed by atoms with Gasteiger partial charge in [-0.25, -0.2) is 8.91 Å². The van der Waals surface area contributed by atoms with Crippen molar-refractivity contribution in [1.82, 2.24) is 19.5 Å². The van der Waals surface area contributed by atoms with E-state index in [2.05, 4.69) is 10.4 Å². The van der Waals surface area contributed by atoms with Crippen LogP contribution >= 0.6 is 0 Å². The molecule has 4 aromatic rings. The fourth-order valence-electron chi connectivity index (χ4n) is 3.33. The first-order valence-corrected chi connectivity index (χ1v) is 9.62. The Balaban J connectivity index is 1.50. The summed E-state index contributed by atoms with van der Waals surface area (Å²) in [7, 11) is 0. The minimum absolute atomic E-state index is 0.159. The van der Waals surface area contributed by atoms with Gasteiger partial charge in [0.1, 0.15) is 11.3 Å². The van der Waals surface area contributed by atoms with Crippen LogP contribution in [0, 0.1) is 19.7 Å². The average molecular weight is 404 g/mol. The highest BCUT2D eigenvalue weighted by atomic mass is 19.1. The molecule has 152 valence electrons. The summed E-state index contributed by atoms with van der Waals surface area (Å²) in [5.74, 6) is -0.485. The van der Waals surface area contributed by atoms with Gasteiger partial charge >= 0.3 is 0 Å². The van der Waals surface area contributed by atoms with E-state index < -0.39 is 0 Å². The Labute approximate surface area is 172 Å². The summed E-state index contributed by atoms with van der Waals surface area (Å²) in [4.78, 5) is 25.3. The van der Waals surface area contributed by atoms with Gasteiger partial charge < -0.3 is 9.88 Å². The van der Waals surface area contributed by atoms with Gasteiger partial charge in [-0.3, -0.25) is 9.59 Å². The SMILES string of the molecule is Cc1ccc(C)c(C(=O)NCCn2ccn3nc(-c4ccc(F)cc4)cc3c2=O)c1. The van der Waals surface area contributed by atoms with Crippen molar-refractivity contribution in [3.8, 4) is 11.3 Å². The second-order valence-electron chi connectivity index (χ2n) is 7.24. The number of halogens is 1. The molecule has 2 aromatic heterocycles. The first-order chi connectivity index (χ1) is 14.4. The number of benzene rings is 2. The number of hydrogen-bond acceptors (Lipinski definition) is 3. The molecule has 2 heterocycles. The molecule has 0 fully saturated rings. The van der Waals surface area contributed by atoms with Crippen LogP contribution in [0.25, 0.3) is 16.8 Å². The van der Waals surface area contributed by atoms with E-state index in [9.17, 15) is 14.0 Å². The molecule has 1 amide bonds. The van der Waals surface area contributed by atoms with Crippen molar-refractivity contribution in [2.45, 2.75) is 20.4 Å². The summed E-state index contributed by atoms with van der Waals surface area (Å²) >= 11 is 0. The molecule has 0 spiro atoms. The monoisotopic (exact) mass is 404 g/mol. The number of fused-ring (bicyclic) bond motifs is 1. The highest BCUT2D eigenvalue weighted by molar-refractivity contribution is 5.95. The third-order valence-electron chi connectivity index (χ3n) is 5.02. The molecule has 0 aliphatic carbocycles. The maximum absolute atomic E-state index is 13.1. The number of nitrogens with zero attached hydrogens (tertiary/aromatic N) is 3. The van der Waals surface area contributed by atoms with Crippen LogP contribution in [0.2, 0.25) is 0 Å². The molecule has 0 bridgehead atoms. The van der Waals surface area contributed by atoms with E-state index in [0.717, 1.165) is 16.7 Å². The second-order valence-corrected chi connectivity index (χ2v) is 7.24. The lowest BCUT2D eigenvalue weighted by molar-refractivity contribution is 0.0951. The Kier molecular flexibility index (Phi) is 5.18. The van der Waals surface area contributed by atoms with E-state index in [1.165, 1.54) is 21.2 Å². The predicted molar refractivity (Wildman–Crippen MR) is 113 cm³/mol. The van der Waals surface area contributed by atoms with Gasteiger partial charge in [0.25, 0.3) is 11.5 Å². The molecule has 0 aliphatic heterocycles. The minimum atomic E-state index is -0.326. The Morgan fingerprint density at radius 1 is 1.07 bits per heavy atom. The number of hydrogen-bond donors (Lipinski definition) is 1. The smallest absolute Gasteiger partial charge is 0.276 e. The maximum atomic E-state index is 13.1. The number of rotatable bonds is 5. The fourth-order valence-corrected chi connectivity index (χ4v) is 3.33. The van der Waals surface area contributed by atoms with Gasteiger partial charge in [-0.1, -0.05) is 17.7 Å². The lowest BCUT2D eigenvalue weighted by atomic mass is 10.1.